The van der Waals surface area contributed by atoms with E-state index < -0.39 is 0 Å². The van der Waals surface area contributed by atoms with Crippen molar-refractivity contribution in [1.29, 1.82) is 0 Å². The van der Waals surface area contributed by atoms with Crippen LogP contribution in [0.2, 0.25) is 0 Å². The number of pyridine rings is 1. The zero-order chi connectivity index (χ0) is 10.6. The molecule has 0 amide bonds. The fraction of sp³-hybridized carbons (Fsp3) is 0.545. The van der Waals surface area contributed by atoms with Crippen LogP contribution in [0.25, 0.3) is 0 Å². The molecule has 1 aromatic rings. The molecular weight excluding hydrogens is 196 g/mol. The lowest BCUT2D eigenvalue weighted by Crippen LogP contribution is -2.27. The molecule has 1 rings (SSSR count). The molecule has 0 aliphatic carbocycles. The van der Waals surface area contributed by atoms with E-state index in [0.717, 1.165) is 12.1 Å². The molecule has 0 spiro atoms. The number of rotatable bonds is 4. The maximum absolute atomic E-state index is 5.74. The molecule has 1 aromatic heterocycles. The van der Waals surface area contributed by atoms with Gasteiger partial charge in [-0.1, -0.05) is 6.92 Å². The monoisotopic (exact) mass is 212 g/mol. The van der Waals surface area contributed by atoms with Gasteiger partial charge in [0.25, 0.3) is 0 Å². The largest absolute Gasteiger partial charge is 0.372 e. The summed E-state index contributed by atoms with van der Waals surface area (Å²) >= 11 is 5.74. The second kappa shape index (κ2) is 5.20. The number of halogens is 1. The highest BCUT2D eigenvalue weighted by Crippen LogP contribution is 2.17. The van der Waals surface area contributed by atoms with E-state index in [1.807, 2.05) is 18.3 Å². The minimum Gasteiger partial charge on any atom is -0.372 e. The van der Waals surface area contributed by atoms with Gasteiger partial charge in [-0.15, -0.1) is 11.6 Å². The Morgan fingerprint density at radius 1 is 1.57 bits per heavy atom. The van der Waals surface area contributed by atoms with Crippen molar-refractivity contribution in [3.05, 3.63) is 24.0 Å². The summed E-state index contributed by atoms with van der Waals surface area (Å²) in [7, 11) is 2.10. The molecule has 0 aliphatic rings. The fourth-order valence-electron chi connectivity index (χ4n) is 1.29. The SMILES string of the molecule is CCC(C)N(C)c1ccnc(CCl)c1. The number of aromatic nitrogens is 1. The number of nitrogens with zero attached hydrogens (tertiary/aromatic N) is 2. The minimum atomic E-state index is 0.474. The van der Waals surface area contributed by atoms with Gasteiger partial charge in [0.05, 0.1) is 11.6 Å². The van der Waals surface area contributed by atoms with Crippen molar-refractivity contribution >= 4 is 17.3 Å². The van der Waals surface area contributed by atoms with Crippen LogP contribution >= 0.6 is 11.6 Å². The molecule has 0 fully saturated rings. The molecule has 0 aromatic carbocycles. The van der Waals surface area contributed by atoms with Crippen LogP contribution in [-0.4, -0.2) is 18.1 Å². The first-order chi connectivity index (χ1) is 6.69. The van der Waals surface area contributed by atoms with Crippen molar-refractivity contribution in [2.45, 2.75) is 32.2 Å². The van der Waals surface area contributed by atoms with Crippen molar-refractivity contribution in [3.63, 3.8) is 0 Å². The van der Waals surface area contributed by atoms with Crippen LogP contribution in [0.4, 0.5) is 5.69 Å². The molecule has 1 atom stereocenters. The van der Waals surface area contributed by atoms with Gasteiger partial charge in [-0.25, -0.2) is 0 Å². The zero-order valence-corrected chi connectivity index (χ0v) is 9.75. The Kier molecular flexibility index (Phi) is 4.21. The molecular formula is C11H17ClN2. The van der Waals surface area contributed by atoms with Crippen LogP contribution < -0.4 is 4.90 Å². The van der Waals surface area contributed by atoms with Gasteiger partial charge < -0.3 is 4.90 Å². The Labute approximate surface area is 90.9 Å². The third-order valence-electron chi connectivity index (χ3n) is 2.60. The lowest BCUT2D eigenvalue weighted by atomic mass is 10.2. The van der Waals surface area contributed by atoms with Gasteiger partial charge >= 0.3 is 0 Å². The van der Waals surface area contributed by atoms with Crippen LogP contribution in [0.3, 0.4) is 0 Å². The van der Waals surface area contributed by atoms with E-state index >= 15 is 0 Å². The Morgan fingerprint density at radius 2 is 2.29 bits per heavy atom. The molecule has 0 saturated heterocycles. The minimum absolute atomic E-state index is 0.474. The average Bonchev–Trinajstić information content (AvgIpc) is 2.27. The molecule has 78 valence electrons. The summed E-state index contributed by atoms with van der Waals surface area (Å²) in [5.74, 6) is 0.474. The summed E-state index contributed by atoms with van der Waals surface area (Å²) in [5.41, 5.74) is 2.12. The summed E-state index contributed by atoms with van der Waals surface area (Å²) < 4.78 is 0. The van der Waals surface area contributed by atoms with Crippen molar-refractivity contribution in [2.75, 3.05) is 11.9 Å². The van der Waals surface area contributed by atoms with Crippen LogP contribution in [0.1, 0.15) is 26.0 Å². The van der Waals surface area contributed by atoms with E-state index in [1.165, 1.54) is 5.69 Å². The van der Waals surface area contributed by atoms with E-state index in [1.54, 1.807) is 0 Å². The highest BCUT2D eigenvalue weighted by Gasteiger charge is 2.07. The Morgan fingerprint density at radius 3 is 2.86 bits per heavy atom. The van der Waals surface area contributed by atoms with Crippen molar-refractivity contribution in [1.82, 2.24) is 4.98 Å². The van der Waals surface area contributed by atoms with E-state index in [9.17, 15) is 0 Å². The molecule has 0 radical (unpaired) electrons. The molecule has 0 bridgehead atoms. The van der Waals surface area contributed by atoms with Gasteiger partial charge in [-0.2, -0.15) is 0 Å². The van der Waals surface area contributed by atoms with E-state index in [2.05, 4.69) is 30.8 Å². The van der Waals surface area contributed by atoms with Gasteiger partial charge in [-0.3, -0.25) is 4.98 Å². The van der Waals surface area contributed by atoms with Crippen LogP contribution in [-0.2, 0) is 5.88 Å². The average molecular weight is 213 g/mol. The maximum Gasteiger partial charge on any atom is 0.0648 e. The third kappa shape index (κ3) is 2.61. The third-order valence-corrected chi connectivity index (χ3v) is 2.87. The smallest absolute Gasteiger partial charge is 0.0648 e. The quantitative estimate of drug-likeness (QED) is 0.714. The molecule has 1 unspecified atom stereocenters. The predicted molar refractivity (Wildman–Crippen MR) is 62.0 cm³/mol. The fourth-order valence-corrected chi connectivity index (χ4v) is 1.43. The highest BCUT2D eigenvalue weighted by atomic mass is 35.5. The second-order valence-corrected chi connectivity index (χ2v) is 3.77. The topological polar surface area (TPSA) is 16.1 Å². The molecule has 3 heteroatoms. The molecule has 1 heterocycles. The summed E-state index contributed by atoms with van der Waals surface area (Å²) in [6.45, 7) is 4.39. The standard InChI is InChI=1S/C11H17ClN2/c1-4-9(2)14(3)11-5-6-13-10(7-11)8-12/h5-7,9H,4,8H2,1-3H3. The normalized spacial score (nSPS) is 12.6. The van der Waals surface area contributed by atoms with Crippen LogP contribution in [0.15, 0.2) is 18.3 Å². The van der Waals surface area contributed by atoms with Crippen molar-refractivity contribution in [3.8, 4) is 0 Å². The number of hydrogen-bond acceptors (Lipinski definition) is 2. The second-order valence-electron chi connectivity index (χ2n) is 3.51. The van der Waals surface area contributed by atoms with Crippen LogP contribution in [0, 0.1) is 0 Å². The predicted octanol–water partition coefficient (Wildman–Crippen LogP) is 3.06. The summed E-state index contributed by atoms with van der Waals surface area (Å²) in [6.07, 6.45) is 2.95. The lowest BCUT2D eigenvalue weighted by molar-refractivity contribution is 0.663. The van der Waals surface area contributed by atoms with Gasteiger partial charge in [0.2, 0.25) is 0 Å². The van der Waals surface area contributed by atoms with E-state index in [4.69, 9.17) is 11.6 Å². The van der Waals surface area contributed by atoms with Crippen molar-refractivity contribution in [2.24, 2.45) is 0 Å². The molecule has 2 nitrogen and oxygen atoms in total. The maximum atomic E-state index is 5.74. The number of hydrogen-bond donors (Lipinski definition) is 0. The Hall–Kier alpha value is -0.760. The summed E-state index contributed by atoms with van der Waals surface area (Å²) in [5, 5.41) is 0. The van der Waals surface area contributed by atoms with Gasteiger partial charge in [0, 0.05) is 25.0 Å². The van der Waals surface area contributed by atoms with Crippen LogP contribution in [0.5, 0.6) is 0 Å². The first-order valence-electron chi connectivity index (χ1n) is 4.92. The summed E-state index contributed by atoms with van der Waals surface area (Å²) in [4.78, 5) is 6.41. The molecule has 14 heavy (non-hydrogen) atoms. The number of alkyl halides is 1. The van der Waals surface area contributed by atoms with Gasteiger partial charge in [0.15, 0.2) is 0 Å². The van der Waals surface area contributed by atoms with E-state index in [0.29, 0.717) is 11.9 Å². The van der Waals surface area contributed by atoms with Gasteiger partial charge in [0.1, 0.15) is 0 Å². The first kappa shape index (κ1) is 11.3. The molecule has 0 N–H and O–H groups in total. The molecule has 0 aliphatic heterocycles. The lowest BCUT2D eigenvalue weighted by Gasteiger charge is -2.26. The molecule has 0 saturated carbocycles. The van der Waals surface area contributed by atoms with E-state index in [-0.39, 0.29) is 0 Å². The zero-order valence-electron chi connectivity index (χ0n) is 9.00. The number of anilines is 1. The first-order valence-corrected chi connectivity index (χ1v) is 5.46. The van der Waals surface area contributed by atoms with Gasteiger partial charge in [-0.05, 0) is 25.5 Å². The summed E-state index contributed by atoms with van der Waals surface area (Å²) in [6, 6.07) is 4.60. The Bertz CT molecular complexity index is 288. The van der Waals surface area contributed by atoms with Crippen molar-refractivity contribution < 1.29 is 0 Å². The highest BCUT2D eigenvalue weighted by molar-refractivity contribution is 6.16. The Balaban J connectivity index is 2.83.